The van der Waals surface area contributed by atoms with Gasteiger partial charge >= 0.3 is 6.36 Å². The lowest BCUT2D eigenvalue weighted by Gasteiger charge is -2.12. The molecule has 0 saturated heterocycles. The second-order valence-corrected chi connectivity index (χ2v) is 4.12. The van der Waals surface area contributed by atoms with Crippen LogP contribution in [0, 0.1) is 0 Å². The number of rotatable bonds is 5. The first-order valence-corrected chi connectivity index (χ1v) is 6.24. The van der Waals surface area contributed by atoms with Crippen molar-refractivity contribution in [2.45, 2.75) is 24.6 Å². The molecule has 0 radical (unpaired) electrons. The first-order chi connectivity index (χ1) is 7.94. The van der Waals surface area contributed by atoms with Gasteiger partial charge in [-0.05, 0) is 24.8 Å². The molecule has 0 aliphatic carbocycles. The summed E-state index contributed by atoms with van der Waals surface area (Å²) in [4.78, 5) is 0.665. The maximum Gasteiger partial charge on any atom is 0.573 e. The van der Waals surface area contributed by atoms with Gasteiger partial charge in [0.1, 0.15) is 11.5 Å². The number of halogens is 3. The molecule has 0 fully saturated rings. The Morgan fingerprint density at radius 2 is 1.82 bits per heavy atom. The zero-order chi connectivity index (χ0) is 12.9. The largest absolute Gasteiger partial charge is 0.573 e. The summed E-state index contributed by atoms with van der Waals surface area (Å²) in [5.41, 5.74) is 0. The van der Waals surface area contributed by atoms with Crippen LogP contribution in [-0.4, -0.2) is 19.2 Å². The van der Waals surface area contributed by atoms with Gasteiger partial charge in [-0.1, -0.05) is 6.92 Å². The summed E-state index contributed by atoms with van der Waals surface area (Å²) < 4.78 is 45.4. The number of hydrogen-bond donors (Lipinski definition) is 0. The summed E-state index contributed by atoms with van der Waals surface area (Å²) in [6.45, 7) is 2.38. The average molecular weight is 266 g/mol. The third-order valence-electron chi connectivity index (χ3n) is 1.80. The van der Waals surface area contributed by atoms with Crippen LogP contribution in [0.15, 0.2) is 23.1 Å². The third-order valence-corrected chi connectivity index (χ3v) is 2.50. The van der Waals surface area contributed by atoms with Crippen molar-refractivity contribution in [3.63, 3.8) is 0 Å². The molecule has 0 aromatic heterocycles. The van der Waals surface area contributed by atoms with Gasteiger partial charge < -0.3 is 9.47 Å². The van der Waals surface area contributed by atoms with Crippen LogP contribution in [0.4, 0.5) is 13.2 Å². The monoisotopic (exact) mass is 266 g/mol. The zero-order valence-corrected chi connectivity index (χ0v) is 10.3. The van der Waals surface area contributed by atoms with Crippen LogP contribution in [0.3, 0.4) is 0 Å². The molecule has 0 heterocycles. The lowest BCUT2D eigenvalue weighted by Crippen LogP contribution is -2.17. The number of ether oxygens (including phenoxy) is 2. The Bertz CT molecular complexity index is 366. The van der Waals surface area contributed by atoms with E-state index in [0.29, 0.717) is 17.3 Å². The molecule has 0 amide bonds. The molecule has 0 atom stereocenters. The highest BCUT2D eigenvalue weighted by molar-refractivity contribution is 7.98. The van der Waals surface area contributed by atoms with E-state index in [2.05, 4.69) is 4.74 Å². The lowest BCUT2D eigenvalue weighted by molar-refractivity contribution is -0.274. The van der Waals surface area contributed by atoms with Crippen molar-refractivity contribution in [2.24, 2.45) is 0 Å². The van der Waals surface area contributed by atoms with Crippen LogP contribution in [0.5, 0.6) is 11.5 Å². The van der Waals surface area contributed by atoms with E-state index in [0.717, 1.165) is 6.42 Å². The second kappa shape index (κ2) is 6.05. The highest BCUT2D eigenvalue weighted by Crippen LogP contribution is 2.31. The Kier molecular flexibility index (Phi) is 4.99. The molecule has 17 heavy (non-hydrogen) atoms. The first kappa shape index (κ1) is 14.0. The van der Waals surface area contributed by atoms with Crippen LogP contribution >= 0.6 is 11.8 Å². The number of alkyl halides is 3. The first-order valence-electron chi connectivity index (χ1n) is 5.02. The fraction of sp³-hybridized carbons (Fsp3) is 0.455. The summed E-state index contributed by atoms with van der Waals surface area (Å²) in [6.07, 6.45) is -2.12. The van der Waals surface area contributed by atoms with E-state index in [1.54, 1.807) is 12.3 Å². The molecule has 1 aromatic carbocycles. The normalized spacial score (nSPS) is 11.4. The minimum Gasteiger partial charge on any atom is -0.493 e. The predicted octanol–water partition coefficient (Wildman–Crippen LogP) is 4.10. The Morgan fingerprint density at radius 3 is 2.35 bits per heavy atom. The number of hydrogen-bond acceptors (Lipinski definition) is 3. The van der Waals surface area contributed by atoms with Gasteiger partial charge in [-0.3, -0.25) is 0 Å². The Hall–Kier alpha value is -1.04. The molecule has 6 heteroatoms. The SMILES string of the molecule is CCCOc1cc(OC(F)(F)F)cc(SC)c1. The molecule has 2 nitrogen and oxygen atoms in total. The van der Waals surface area contributed by atoms with Crippen LogP contribution in [0.1, 0.15) is 13.3 Å². The third kappa shape index (κ3) is 5.21. The molecular weight excluding hydrogens is 253 g/mol. The van der Waals surface area contributed by atoms with Gasteiger partial charge in [0.15, 0.2) is 0 Å². The summed E-state index contributed by atoms with van der Waals surface area (Å²) in [6, 6.07) is 4.25. The topological polar surface area (TPSA) is 18.5 Å². The molecule has 0 unspecified atom stereocenters. The van der Waals surface area contributed by atoms with Gasteiger partial charge in [-0.2, -0.15) is 0 Å². The molecule has 0 aliphatic heterocycles. The van der Waals surface area contributed by atoms with E-state index in [9.17, 15) is 13.2 Å². The fourth-order valence-corrected chi connectivity index (χ4v) is 1.63. The van der Waals surface area contributed by atoms with Crippen LogP contribution in [-0.2, 0) is 0 Å². The second-order valence-electron chi connectivity index (χ2n) is 3.24. The Labute approximate surface area is 102 Å². The van der Waals surface area contributed by atoms with Crippen molar-refractivity contribution >= 4 is 11.8 Å². The summed E-state index contributed by atoms with van der Waals surface area (Å²) in [5, 5.41) is 0. The minimum atomic E-state index is -4.68. The smallest absolute Gasteiger partial charge is 0.493 e. The minimum absolute atomic E-state index is 0.254. The molecule has 1 aromatic rings. The average Bonchev–Trinajstić information content (AvgIpc) is 2.23. The Morgan fingerprint density at radius 1 is 1.18 bits per heavy atom. The van der Waals surface area contributed by atoms with Crippen LogP contribution in [0.2, 0.25) is 0 Å². The molecule has 96 valence electrons. The molecular formula is C11H13F3O2S. The van der Waals surface area contributed by atoms with E-state index in [1.165, 1.54) is 23.9 Å². The van der Waals surface area contributed by atoms with E-state index < -0.39 is 6.36 Å². The fourth-order valence-electron chi connectivity index (χ4n) is 1.16. The van der Waals surface area contributed by atoms with E-state index in [1.807, 2.05) is 6.92 Å². The Balaban J connectivity index is 2.88. The highest BCUT2D eigenvalue weighted by atomic mass is 32.2. The maximum atomic E-state index is 12.1. The van der Waals surface area contributed by atoms with E-state index >= 15 is 0 Å². The van der Waals surface area contributed by atoms with Gasteiger partial charge in [-0.25, -0.2) is 0 Å². The number of benzene rings is 1. The van der Waals surface area contributed by atoms with Crippen molar-refractivity contribution in [3.05, 3.63) is 18.2 Å². The van der Waals surface area contributed by atoms with E-state index in [-0.39, 0.29) is 5.75 Å². The standard InChI is InChI=1S/C11H13F3O2S/c1-3-4-15-8-5-9(16-11(12,13)14)7-10(6-8)17-2/h5-7H,3-4H2,1-2H3. The van der Waals surface area contributed by atoms with Gasteiger partial charge in [0.2, 0.25) is 0 Å². The zero-order valence-electron chi connectivity index (χ0n) is 9.50. The van der Waals surface area contributed by atoms with Crippen molar-refractivity contribution in [1.29, 1.82) is 0 Å². The van der Waals surface area contributed by atoms with Crippen molar-refractivity contribution < 1.29 is 22.6 Å². The van der Waals surface area contributed by atoms with Crippen molar-refractivity contribution in [1.82, 2.24) is 0 Å². The summed E-state index contributed by atoms with van der Waals surface area (Å²) in [7, 11) is 0. The molecule has 0 N–H and O–H groups in total. The van der Waals surface area contributed by atoms with Crippen molar-refractivity contribution in [2.75, 3.05) is 12.9 Å². The van der Waals surface area contributed by atoms with Gasteiger partial charge in [0.05, 0.1) is 6.61 Å². The van der Waals surface area contributed by atoms with E-state index in [4.69, 9.17) is 4.74 Å². The van der Waals surface area contributed by atoms with Crippen LogP contribution < -0.4 is 9.47 Å². The van der Waals surface area contributed by atoms with Gasteiger partial charge in [0, 0.05) is 11.0 Å². The van der Waals surface area contributed by atoms with Gasteiger partial charge in [0.25, 0.3) is 0 Å². The lowest BCUT2D eigenvalue weighted by atomic mass is 10.3. The van der Waals surface area contributed by atoms with Gasteiger partial charge in [-0.15, -0.1) is 24.9 Å². The molecule has 1 rings (SSSR count). The predicted molar refractivity (Wildman–Crippen MR) is 60.7 cm³/mol. The summed E-state index contributed by atoms with van der Waals surface area (Å²) >= 11 is 1.33. The molecule has 0 spiro atoms. The molecule has 0 aliphatic rings. The van der Waals surface area contributed by atoms with Crippen molar-refractivity contribution in [3.8, 4) is 11.5 Å². The number of thioether (sulfide) groups is 1. The quantitative estimate of drug-likeness (QED) is 0.748. The summed E-state index contributed by atoms with van der Waals surface area (Å²) in [5.74, 6) is 0.133. The van der Waals surface area contributed by atoms with Crippen LogP contribution in [0.25, 0.3) is 0 Å². The highest BCUT2D eigenvalue weighted by Gasteiger charge is 2.31. The molecule has 0 bridgehead atoms. The molecule has 0 saturated carbocycles. The maximum absolute atomic E-state index is 12.1.